The molecule has 1 aromatic rings. The average Bonchev–Trinajstić information content (AvgIpc) is 3.12. The Bertz CT molecular complexity index is 404. The van der Waals surface area contributed by atoms with Crippen LogP contribution >= 0.6 is 0 Å². The van der Waals surface area contributed by atoms with E-state index in [1.165, 1.54) is 29.8 Å². The summed E-state index contributed by atoms with van der Waals surface area (Å²) in [6, 6.07) is 1.29. The van der Waals surface area contributed by atoms with Crippen LogP contribution in [0.2, 0.25) is 0 Å². The Labute approximate surface area is 111 Å². The van der Waals surface area contributed by atoms with Crippen molar-refractivity contribution in [1.82, 2.24) is 15.1 Å². The molecular weight excluding hydrogens is 222 g/mol. The summed E-state index contributed by atoms with van der Waals surface area (Å²) in [6.45, 7) is 12.2. The SMILES string of the molecule is CCC(C)n1nc(C)c(C(C)CNC2CC2)c1C. The summed E-state index contributed by atoms with van der Waals surface area (Å²) in [4.78, 5) is 0. The lowest BCUT2D eigenvalue weighted by Gasteiger charge is -2.15. The summed E-state index contributed by atoms with van der Waals surface area (Å²) >= 11 is 0. The van der Waals surface area contributed by atoms with Gasteiger partial charge in [0.15, 0.2) is 0 Å². The van der Waals surface area contributed by atoms with Crippen molar-refractivity contribution < 1.29 is 0 Å². The molecule has 0 saturated heterocycles. The first-order valence-corrected chi connectivity index (χ1v) is 7.33. The molecule has 1 aliphatic carbocycles. The van der Waals surface area contributed by atoms with Gasteiger partial charge in [-0.1, -0.05) is 13.8 Å². The van der Waals surface area contributed by atoms with Crippen molar-refractivity contribution in [1.29, 1.82) is 0 Å². The Morgan fingerprint density at radius 3 is 2.56 bits per heavy atom. The Kier molecular flexibility index (Phi) is 4.10. The van der Waals surface area contributed by atoms with E-state index in [0.29, 0.717) is 12.0 Å². The van der Waals surface area contributed by atoms with E-state index in [1.54, 1.807) is 0 Å². The van der Waals surface area contributed by atoms with Crippen LogP contribution in [0.25, 0.3) is 0 Å². The van der Waals surface area contributed by atoms with Crippen LogP contribution < -0.4 is 5.32 Å². The zero-order valence-corrected chi connectivity index (χ0v) is 12.5. The molecule has 1 aliphatic rings. The molecule has 1 aromatic heterocycles. The molecule has 0 aromatic carbocycles. The van der Waals surface area contributed by atoms with Gasteiger partial charge < -0.3 is 5.32 Å². The molecule has 0 spiro atoms. The van der Waals surface area contributed by atoms with Crippen molar-refractivity contribution >= 4 is 0 Å². The van der Waals surface area contributed by atoms with E-state index >= 15 is 0 Å². The van der Waals surface area contributed by atoms with Crippen LogP contribution in [0.4, 0.5) is 0 Å². The Balaban J connectivity index is 2.12. The van der Waals surface area contributed by atoms with Crippen molar-refractivity contribution in [3.05, 3.63) is 17.0 Å². The van der Waals surface area contributed by atoms with Gasteiger partial charge in [-0.05, 0) is 46.0 Å². The summed E-state index contributed by atoms with van der Waals surface area (Å²) in [6.07, 6.45) is 3.85. The molecular formula is C15H27N3. The number of rotatable bonds is 6. The van der Waals surface area contributed by atoms with Gasteiger partial charge >= 0.3 is 0 Å². The van der Waals surface area contributed by atoms with Crippen molar-refractivity contribution in [3.63, 3.8) is 0 Å². The smallest absolute Gasteiger partial charge is 0.0631 e. The molecule has 2 atom stereocenters. The number of hydrogen-bond donors (Lipinski definition) is 1. The Hall–Kier alpha value is -0.830. The first-order chi connectivity index (χ1) is 8.54. The van der Waals surface area contributed by atoms with Gasteiger partial charge in [-0.15, -0.1) is 0 Å². The fourth-order valence-corrected chi connectivity index (χ4v) is 2.72. The normalized spacial score (nSPS) is 18.9. The predicted octanol–water partition coefficient (Wildman–Crippen LogP) is 3.33. The van der Waals surface area contributed by atoms with Crippen molar-refractivity contribution in [2.45, 2.75) is 71.9 Å². The standard InChI is InChI=1S/C15H27N3/c1-6-11(3)18-13(5)15(12(4)17-18)10(2)9-16-14-7-8-14/h10-11,14,16H,6-9H2,1-5H3. The number of aromatic nitrogens is 2. The third-order valence-electron chi connectivity index (χ3n) is 4.17. The fraction of sp³-hybridized carbons (Fsp3) is 0.800. The van der Waals surface area contributed by atoms with E-state index < -0.39 is 0 Å². The second kappa shape index (κ2) is 5.43. The van der Waals surface area contributed by atoms with E-state index in [2.05, 4.69) is 44.6 Å². The minimum absolute atomic E-state index is 0.501. The van der Waals surface area contributed by atoms with Gasteiger partial charge in [0.25, 0.3) is 0 Å². The topological polar surface area (TPSA) is 29.9 Å². The van der Waals surface area contributed by atoms with Crippen LogP contribution in [0.1, 0.15) is 68.9 Å². The lowest BCUT2D eigenvalue weighted by molar-refractivity contribution is 0.464. The Morgan fingerprint density at radius 1 is 1.33 bits per heavy atom. The van der Waals surface area contributed by atoms with Crippen LogP contribution in [0.15, 0.2) is 0 Å². The molecule has 3 nitrogen and oxygen atoms in total. The summed E-state index contributed by atoms with van der Waals surface area (Å²) < 4.78 is 2.21. The number of nitrogens with one attached hydrogen (secondary N) is 1. The van der Waals surface area contributed by atoms with Crippen molar-refractivity contribution in [3.8, 4) is 0 Å². The monoisotopic (exact) mass is 249 g/mol. The highest BCUT2D eigenvalue weighted by atomic mass is 15.3. The summed E-state index contributed by atoms with van der Waals surface area (Å²) in [5, 5.41) is 8.36. The van der Waals surface area contributed by atoms with Gasteiger partial charge in [0, 0.05) is 29.9 Å². The lowest BCUT2D eigenvalue weighted by Crippen LogP contribution is -2.22. The molecule has 102 valence electrons. The van der Waals surface area contributed by atoms with Crippen LogP contribution in [0, 0.1) is 13.8 Å². The molecule has 2 unspecified atom stereocenters. The number of hydrogen-bond acceptors (Lipinski definition) is 2. The van der Waals surface area contributed by atoms with Crippen LogP contribution in [-0.2, 0) is 0 Å². The second-order valence-corrected chi connectivity index (χ2v) is 5.87. The van der Waals surface area contributed by atoms with Gasteiger partial charge in [0.05, 0.1) is 5.69 Å². The zero-order chi connectivity index (χ0) is 13.3. The third kappa shape index (κ3) is 2.77. The molecule has 0 radical (unpaired) electrons. The molecule has 0 bridgehead atoms. The first kappa shape index (κ1) is 13.6. The lowest BCUT2D eigenvalue weighted by atomic mass is 9.99. The van der Waals surface area contributed by atoms with Crippen LogP contribution in [-0.4, -0.2) is 22.4 Å². The van der Waals surface area contributed by atoms with Gasteiger partial charge in [-0.25, -0.2) is 0 Å². The summed E-state index contributed by atoms with van der Waals surface area (Å²) in [5.74, 6) is 0.559. The van der Waals surface area contributed by atoms with Crippen LogP contribution in [0.3, 0.4) is 0 Å². The molecule has 1 heterocycles. The molecule has 1 saturated carbocycles. The molecule has 2 rings (SSSR count). The quantitative estimate of drug-likeness (QED) is 0.838. The maximum atomic E-state index is 4.73. The minimum atomic E-state index is 0.501. The highest BCUT2D eigenvalue weighted by Crippen LogP contribution is 2.27. The predicted molar refractivity (Wildman–Crippen MR) is 76.1 cm³/mol. The number of nitrogens with zero attached hydrogens (tertiary/aromatic N) is 2. The third-order valence-corrected chi connectivity index (χ3v) is 4.17. The summed E-state index contributed by atoms with van der Waals surface area (Å²) in [5.41, 5.74) is 4.01. The average molecular weight is 249 g/mol. The molecule has 1 fully saturated rings. The second-order valence-electron chi connectivity index (χ2n) is 5.87. The first-order valence-electron chi connectivity index (χ1n) is 7.33. The molecule has 0 amide bonds. The van der Waals surface area contributed by atoms with Crippen molar-refractivity contribution in [2.24, 2.45) is 0 Å². The highest BCUT2D eigenvalue weighted by Gasteiger charge is 2.24. The molecule has 0 aliphatic heterocycles. The van der Waals surface area contributed by atoms with Crippen LogP contribution in [0.5, 0.6) is 0 Å². The van der Waals surface area contributed by atoms with Crippen molar-refractivity contribution in [2.75, 3.05) is 6.54 Å². The number of aryl methyl sites for hydroxylation is 1. The molecule has 3 heteroatoms. The molecule has 1 N–H and O–H groups in total. The van der Waals surface area contributed by atoms with Gasteiger partial charge in [0.2, 0.25) is 0 Å². The van der Waals surface area contributed by atoms with E-state index in [9.17, 15) is 0 Å². The van der Waals surface area contributed by atoms with Gasteiger partial charge in [-0.2, -0.15) is 5.10 Å². The van der Waals surface area contributed by atoms with E-state index in [-0.39, 0.29) is 0 Å². The van der Waals surface area contributed by atoms with Gasteiger partial charge in [0.1, 0.15) is 0 Å². The maximum absolute atomic E-state index is 4.73. The largest absolute Gasteiger partial charge is 0.313 e. The van der Waals surface area contributed by atoms with E-state index in [1.807, 2.05) is 0 Å². The Morgan fingerprint density at radius 2 is 2.00 bits per heavy atom. The summed E-state index contributed by atoms with van der Waals surface area (Å²) in [7, 11) is 0. The van der Waals surface area contributed by atoms with E-state index in [0.717, 1.165) is 19.0 Å². The zero-order valence-electron chi connectivity index (χ0n) is 12.5. The van der Waals surface area contributed by atoms with E-state index in [4.69, 9.17) is 5.10 Å². The molecule has 18 heavy (non-hydrogen) atoms. The maximum Gasteiger partial charge on any atom is 0.0631 e. The fourth-order valence-electron chi connectivity index (χ4n) is 2.72. The minimum Gasteiger partial charge on any atom is -0.313 e. The van der Waals surface area contributed by atoms with Gasteiger partial charge in [-0.3, -0.25) is 4.68 Å². The highest BCUT2D eigenvalue weighted by molar-refractivity contribution is 5.29.